The van der Waals surface area contributed by atoms with Gasteiger partial charge < -0.3 is 19.5 Å². The Bertz CT molecular complexity index is 584. The molecule has 2 aliphatic heterocycles. The van der Waals surface area contributed by atoms with Crippen LogP contribution >= 0.6 is 11.8 Å². The second-order valence-corrected chi connectivity index (χ2v) is 7.40. The lowest BCUT2D eigenvalue weighted by Gasteiger charge is -2.40. The van der Waals surface area contributed by atoms with E-state index in [1.807, 2.05) is 49.3 Å². The molecule has 1 unspecified atom stereocenters. The van der Waals surface area contributed by atoms with Crippen molar-refractivity contribution in [1.82, 2.24) is 4.90 Å². The second-order valence-electron chi connectivity index (χ2n) is 6.33. The maximum Gasteiger partial charge on any atom is 0.161 e. The number of amidine groups is 1. The third-order valence-corrected chi connectivity index (χ3v) is 5.46. The van der Waals surface area contributed by atoms with Crippen LogP contribution in [-0.4, -0.2) is 65.2 Å². The molecule has 3 rings (SSSR count). The number of ether oxygens (including phenoxy) is 2. The van der Waals surface area contributed by atoms with Gasteiger partial charge in [-0.3, -0.25) is 4.99 Å². The van der Waals surface area contributed by atoms with Crippen LogP contribution in [0, 0.1) is 0 Å². The summed E-state index contributed by atoms with van der Waals surface area (Å²) in [6, 6.07) is 8.97. The summed E-state index contributed by atoms with van der Waals surface area (Å²) in [4.78, 5) is 6.28. The highest BCUT2D eigenvalue weighted by Gasteiger charge is 2.52. The molecule has 5 nitrogen and oxygen atoms in total. The lowest BCUT2D eigenvalue weighted by Crippen LogP contribution is -2.57. The second kappa shape index (κ2) is 7.39. The third-order valence-electron chi connectivity index (χ3n) is 4.16. The van der Waals surface area contributed by atoms with E-state index in [1.54, 1.807) is 6.92 Å². The first kappa shape index (κ1) is 17.7. The Labute approximate surface area is 145 Å². The van der Waals surface area contributed by atoms with Gasteiger partial charge in [-0.2, -0.15) is 0 Å². The van der Waals surface area contributed by atoms with Gasteiger partial charge in [-0.15, -0.1) is 0 Å². The normalized spacial score (nSPS) is 33.7. The van der Waals surface area contributed by atoms with Gasteiger partial charge in [0.1, 0.15) is 23.7 Å². The summed E-state index contributed by atoms with van der Waals surface area (Å²) in [5.74, 6) is 0. The topological polar surface area (TPSA) is 54.3 Å². The summed E-state index contributed by atoms with van der Waals surface area (Å²) in [5, 5.41) is 10.8. The molecular weight excluding hydrogens is 331 g/mol. The number of nitrogens with zero attached hydrogens (tertiary/aromatic N) is 2. The van der Waals surface area contributed by atoms with Gasteiger partial charge in [-0.25, -0.2) is 4.39 Å². The van der Waals surface area contributed by atoms with E-state index in [2.05, 4.69) is 4.99 Å². The molecule has 0 saturated carbocycles. The van der Waals surface area contributed by atoms with Gasteiger partial charge in [0, 0.05) is 14.1 Å². The first-order valence-corrected chi connectivity index (χ1v) is 8.90. The summed E-state index contributed by atoms with van der Waals surface area (Å²) in [6.07, 6.45) is -3.71. The summed E-state index contributed by atoms with van der Waals surface area (Å²) < 4.78 is 26.8. The van der Waals surface area contributed by atoms with E-state index in [0.717, 1.165) is 10.7 Å². The molecule has 0 spiro atoms. The molecule has 1 saturated heterocycles. The van der Waals surface area contributed by atoms with Crippen LogP contribution in [0.1, 0.15) is 12.5 Å². The SMILES string of the molecule is CC(O)[C@H]1O[C@@H]2SC(N(C)C)=N[C@@H]2[C@@H](F)[C@@H]1OCc1ccccc1. The summed E-state index contributed by atoms with van der Waals surface area (Å²) in [7, 11) is 3.73. The molecular formula is C17H23FN2O3S. The number of alkyl halides is 1. The first-order valence-electron chi connectivity index (χ1n) is 8.02. The van der Waals surface area contributed by atoms with E-state index >= 15 is 4.39 Å². The highest BCUT2D eigenvalue weighted by molar-refractivity contribution is 8.14. The van der Waals surface area contributed by atoms with Crippen LogP contribution in [0.25, 0.3) is 0 Å². The summed E-state index contributed by atoms with van der Waals surface area (Å²) in [6.45, 7) is 1.87. The number of rotatable bonds is 4. The number of aliphatic hydroxyl groups is 1. The molecule has 0 aromatic heterocycles. The molecule has 24 heavy (non-hydrogen) atoms. The van der Waals surface area contributed by atoms with Crippen molar-refractivity contribution in [3.8, 4) is 0 Å². The maximum absolute atomic E-state index is 15.1. The predicted octanol–water partition coefficient (Wildman–Crippen LogP) is 2.05. The van der Waals surface area contributed by atoms with Crippen molar-refractivity contribution < 1.29 is 19.0 Å². The molecule has 2 heterocycles. The largest absolute Gasteiger partial charge is 0.391 e. The Hall–Kier alpha value is -1.15. The van der Waals surface area contributed by atoms with E-state index in [1.165, 1.54) is 11.8 Å². The molecule has 1 aromatic carbocycles. The molecule has 2 aliphatic rings. The Morgan fingerprint density at radius 3 is 2.71 bits per heavy atom. The summed E-state index contributed by atoms with van der Waals surface area (Å²) in [5.41, 5.74) is 0.531. The molecule has 0 bridgehead atoms. The lowest BCUT2D eigenvalue weighted by atomic mass is 9.96. The van der Waals surface area contributed by atoms with Crippen LogP contribution in [0.3, 0.4) is 0 Å². The van der Waals surface area contributed by atoms with Gasteiger partial charge in [-0.05, 0) is 12.5 Å². The number of aliphatic hydroxyl groups excluding tert-OH is 1. The minimum Gasteiger partial charge on any atom is -0.391 e. The predicted molar refractivity (Wildman–Crippen MR) is 92.8 cm³/mol. The molecule has 1 fully saturated rings. The van der Waals surface area contributed by atoms with E-state index in [-0.39, 0.29) is 6.61 Å². The van der Waals surface area contributed by atoms with Crippen molar-refractivity contribution in [2.24, 2.45) is 4.99 Å². The fourth-order valence-corrected chi connectivity index (χ4v) is 4.03. The third kappa shape index (κ3) is 3.59. The van der Waals surface area contributed by atoms with E-state index in [0.29, 0.717) is 0 Å². The Morgan fingerprint density at radius 1 is 1.38 bits per heavy atom. The monoisotopic (exact) mass is 354 g/mol. The number of halogens is 1. The smallest absolute Gasteiger partial charge is 0.161 e. The highest BCUT2D eigenvalue weighted by atomic mass is 32.2. The van der Waals surface area contributed by atoms with Crippen molar-refractivity contribution in [1.29, 1.82) is 0 Å². The number of thioether (sulfide) groups is 1. The Kier molecular flexibility index (Phi) is 5.44. The van der Waals surface area contributed by atoms with Crippen LogP contribution in [0.5, 0.6) is 0 Å². The van der Waals surface area contributed by atoms with Gasteiger partial charge in [0.05, 0.1) is 12.7 Å². The van der Waals surface area contributed by atoms with Crippen molar-refractivity contribution in [2.45, 2.75) is 49.5 Å². The standard InChI is InChI=1S/C17H23FN2O3S/c1-10(21)14-15(22-9-11-7-5-4-6-8-11)12(18)13-16(23-14)24-17(19-13)20(2)3/h4-8,10,12-16,21H,9H2,1-3H3/t10?,12-,13-,14-,15+,16-/m1/s1. The molecule has 132 valence electrons. The van der Waals surface area contributed by atoms with Crippen LogP contribution in [-0.2, 0) is 16.1 Å². The minimum absolute atomic E-state index is 0.271. The quantitative estimate of drug-likeness (QED) is 0.897. The molecule has 1 aromatic rings. The van der Waals surface area contributed by atoms with E-state index < -0.39 is 36.0 Å². The number of fused-ring (bicyclic) bond motifs is 1. The van der Waals surface area contributed by atoms with Crippen LogP contribution < -0.4 is 0 Å². The van der Waals surface area contributed by atoms with Crippen molar-refractivity contribution in [3.05, 3.63) is 35.9 Å². The van der Waals surface area contributed by atoms with Crippen LogP contribution in [0.2, 0.25) is 0 Å². The average molecular weight is 354 g/mol. The van der Waals surface area contributed by atoms with Gasteiger partial charge >= 0.3 is 0 Å². The van der Waals surface area contributed by atoms with E-state index in [4.69, 9.17) is 9.47 Å². The van der Waals surface area contributed by atoms with Crippen LogP contribution in [0.4, 0.5) is 4.39 Å². The number of benzene rings is 1. The van der Waals surface area contributed by atoms with Crippen molar-refractivity contribution in [2.75, 3.05) is 14.1 Å². The molecule has 0 aliphatic carbocycles. The number of hydrogen-bond acceptors (Lipinski definition) is 6. The highest BCUT2D eigenvalue weighted by Crippen LogP contribution is 2.40. The van der Waals surface area contributed by atoms with Crippen LogP contribution in [0.15, 0.2) is 35.3 Å². The molecule has 1 N–H and O–H groups in total. The fourth-order valence-electron chi connectivity index (χ4n) is 2.89. The number of hydrogen-bond donors (Lipinski definition) is 1. The minimum atomic E-state index is -1.32. The molecule has 7 heteroatoms. The van der Waals surface area contributed by atoms with Gasteiger partial charge in [0.2, 0.25) is 0 Å². The van der Waals surface area contributed by atoms with Crippen molar-refractivity contribution >= 4 is 16.9 Å². The zero-order valence-electron chi connectivity index (χ0n) is 14.0. The number of aliphatic imine (C=N–C) groups is 1. The van der Waals surface area contributed by atoms with Gasteiger partial charge in [0.25, 0.3) is 0 Å². The molecule has 6 atom stereocenters. The molecule has 0 amide bonds. The van der Waals surface area contributed by atoms with Gasteiger partial charge in [0.15, 0.2) is 11.3 Å². The van der Waals surface area contributed by atoms with Crippen molar-refractivity contribution in [3.63, 3.8) is 0 Å². The van der Waals surface area contributed by atoms with Gasteiger partial charge in [-0.1, -0.05) is 42.1 Å². The summed E-state index contributed by atoms with van der Waals surface area (Å²) >= 11 is 1.39. The Balaban J connectivity index is 1.75. The fraction of sp³-hybridized carbons (Fsp3) is 0.588. The average Bonchev–Trinajstić information content (AvgIpc) is 2.99. The maximum atomic E-state index is 15.1. The zero-order valence-corrected chi connectivity index (χ0v) is 14.8. The Morgan fingerprint density at radius 2 is 2.08 bits per heavy atom. The zero-order chi connectivity index (χ0) is 17.3. The first-order chi connectivity index (χ1) is 11.5. The molecule has 0 radical (unpaired) electrons. The van der Waals surface area contributed by atoms with E-state index in [9.17, 15) is 5.11 Å². The lowest BCUT2D eigenvalue weighted by molar-refractivity contribution is -0.188.